The van der Waals surface area contributed by atoms with Crippen molar-refractivity contribution in [1.82, 2.24) is 10.2 Å². The molecule has 0 aromatic heterocycles. The quantitative estimate of drug-likeness (QED) is 0.741. The number of hydrogen-bond donors (Lipinski definition) is 1. The van der Waals surface area contributed by atoms with Gasteiger partial charge in [-0.15, -0.1) is 0 Å². The Bertz CT molecular complexity index is 294. The molecule has 0 saturated carbocycles. The lowest BCUT2D eigenvalue weighted by Crippen LogP contribution is -2.43. The molecule has 1 aliphatic heterocycles. The Hall–Kier alpha value is -0.570. The zero-order valence-corrected chi connectivity index (χ0v) is 14.8. The first kappa shape index (κ1) is 18.5. The molecule has 0 unspecified atom stereocenters. The van der Waals surface area contributed by atoms with E-state index < -0.39 is 0 Å². The lowest BCUT2D eigenvalue weighted by Gasteiger charge is -2.34. The molecule has 0 aromatic rings. The number of nitrogens with one attached hydrogen (secondary N) is 1. The predicted molar refractivity (Wildman–Crippen MR) is 90.3 cm³/mol. The van der Waals surface area contributed by atoms with Crippen LogP contribution in [0.4, 0.5) is 0 Å². The zero-order chi connectivity index (χ0) is 15.8. The number of amides is 1. The van der Waals surface area contributed by atoms with E-state index in [1.54, 1.807) is 0 Å². The fraction of sp³-hybridized carbons (Fsp3) is 0.944. The van der Waals surface area contributed by atoms with Gasteiger partial charge >= 0.3 is 0 Å². The second kappa shape index (κ2) is 9.45. The molecular weight excluding hydrogens is 260 g/mol. The number of hydrogen-bond acceptors (Lipinski definition) is 2. The molecule has 0 spiro atoms. The summed E-state index contributed by atoms with van der Waals surface area (Å²) in [5, 5.41) is 2.98. The number of rotatable bonds is 8. The van der Waals surface area contributed by atoms with Crippen LogP contribution in [-0.2, 0) is 4.79 Å². The zero-order valence-electron chi connectivity index (χ0n) is 14.8. The van der Waals surface area contributed by atoms with E-state index in [1.165, 1.54) is 32.1 Å². The fourth-order valence-corrected chi connectivity index (χ4v) is 3.33. The molecule has 1 saturated heterocycles. The Kier molecular flexibility index (Phi) is 8.31. The van der Waals surface area contributed by atoms with Crippen LogP contribution in [0.5, 0.6) is 0 Å². The van der Waals surface area contributed by atoms with E-state index in [0.717, 1.165) is 30.8 Å². The van der Waals surface area contributed by atoms with Crippen LogP contribution in [0, 0.1) is 17.8 Å². The van der Waals surface area contributed by atoms with Crippen molar-refractivity contribution in [3.63, 3.8) is 0 Å². The van der Waals surface area contributed by atoms with E-state index >= 15 is 0 Å². The van der Waals surface area contributed by atoms with Crippen LogP contribution in [0.25, 0.3) is 0 Å². The Balaban J connectivity index is 2.20. The van der Waals surface area contributed by atoms with Gasteiger partial charge in [0.05, 0.1) is 6.54 Å². The lowest BCUT2D eigenvalue weighted by atomic mass is 9.82. The Labute approximate surface area is 131 Å². The first-order valence-corrected chi connectivity index (χ1v) is 8.90. The van der Waals surface area contributed by atoms with Crippen molar-refractivity contribution in [1.29, 1.82) is 0 Å². The van der Waals surface area contributed by atoms with Crippen molar-refractivity contribution in [3.8, 4) is 0 Å². The number of carbonyl (C=O) groups is 1. The van der Waals surface area contributed by atoms with Gasteiger partial charge in [-0.05, 0) is 57.5 Å². The highest BCUT2D eigenvalue weighted by molar-refractivity contribution is 5.78. The summed E-state index contributed by atoms with van der Waals surface area (Å²) < 4.78 is 0. The summed E-state index contributed by atoms with van der Waals surface area (Å²) >= 11 is 0. The summed E-state index contributed by atoms with van der Waals surface area (Å²) in [6, 6.07) is 0.246. The first-order valence-electron chi connectivity index (χ1n) is 8.90. The topological polar surface area (TPSA) is 32.3 Å². The number of carbonyl (C=O) groups excluding carboxylic acids is 1. The van der Waals surface area contributed by atoms with Gasteiger partial charge in [0.25, 0.3) is 0 Å². The number of nitrogens with zero attached hydrogens (tertiary/aromatic N) is 1. The molecule has 1 aliphatic rings. The van der Waals surface area contributed by atoms with E-state index in [0.29, 0.717) is 6.54 Å². The highest BCUT2D eigenvalue weighted by Crippen LogP contribution is 2.28. The van der Waals surface area contributed by atoms with Crippen LogP contribution in [0.15, 0.2) is 0 Å². The molecule has 0 aromatic carbocycles. The third-order valence-electron chi connectivity index (χ3n) is 4.69. The maximum absolute atomic E-state index is 11.8. The number of likely N-dealkylation sites (tertiary alicyclic amines) is 1. The van der Waals surface area contributed by atoms with E-state index in [-0.39, 0.29) is 11.9 Å². The summed E-state index contributed by atoms with van der Waals surface area (Å²) in [7, 11) is 0. The van der Waals surface area contributed by atoms with Crippen LogP contribution < -0.4 is 5.32 Å². The smallest absolute Gasteiger partial charge is 0.234 e. The van der Waals surface area contributed by atoms with Crippen LogP contribution in [0.1, 0.15) is 66.7 Å². The molecule has 1 amide bonds. The van der Waals surface area contributed by atoms with Crippen molar-refractivity contribution >= 4 is 5.91 Å². The van der Waals surface area contributed by atoms with Gasteiger partial charge in [0.1, 0.15) is 0 Å². The molecular formula is C18H36N2O. The van der Waals surface area contributed by atoms with Gasteiger partial charge in [-0.3, -0.25) is 9.69 Å². The van der Waals surface area contributed by atoms with Gasteiger partial charge in [0, 0.05) is 6.04 Å². The molecule has 1 fully saturated rings. The number of piperidine rings is 1. The van der Waals surface area contributed by atoms with Crippen LogP contribution >= 0.6 is 0 Å². The average molecular weight is 296 g/mol. The molecule has 0 radical (unpaired) electrons. The van der Waals surface area contributed by atoms with Gasteiger partial charge in [0.2, 0.25) is 5.91 Å². The van der Waals surface area contributed by atoms with E-state index in [1.807, 2.05) is 13.8 Å². The molecule has 3 heteroatoms. The fourth-order valence-electron chi connectivity index (χ4n) is 3.33. The molecule has 1 atom stereocenters. The van der Waals surface area contributed by atoms with Crippen molar-refractivity contribution in [3.05, 3.63) is 0 Å². The Morgan fingerprint density at radius 1 is 1.10 bits per heavy atom. The third kappa shape index (κ3) is 7.85. The summed E-state index contributed by atoms with van der Waals surface area (Å²) in [5.74, 6) is 2.71. The van der Waals surface area contributed by atoms with Crippen molar-refractivity contribution in [2.75, 3.05) is 19.6 Å². The van der Waals surface area contributed by atoms with Gasteiger partial charge < -0.3 is 5.32 Å². The van der Waals surface area contributed by atoms with Crippen LogP contribution in [0.2, 0.25) is 0 Å². The van der Waals surface area contributed by atoms with Gasteiger partial charge in [0.15, 0.2) is 0 Å². The third-order valence-corrected chi connectivity index (χ3v) is 4.69. The first-order chi connectivity index (χ1) is 9.88. The van der Waals surface area contributed by atoms with Crippen LogP contribution in [0.3, 0.4) is 0 Å². The summed E-state index contributed by atoms with van der Waals surface area (Å²) in [5.41, 5.74) is 0. The normalized spacial score (nSPS) is 19.2. The minimum atomic E-state index is 0.174. The van der Waals surface area contributed by atoms with Crippen molar-refractivity contribution < 1.29 is 4.79 Å². The molecule has 0 aliphatic carbocycles. The van der Waals surface area contributed by atoms with E-state index in [9.17, 15) is 4.79 Å². The van der Waals surface area contributed by atoms with E-state index in [2.05, 4.69) is 31.0 Å². The SMILES string of the molecule is CC(C)CCC[C@H](C)C1CCN(CC(=O)NC(C)C)CC1. The highest BCUT2D eigenvalue weighted by atomic mass is 16.2. The lowest BCUT2D eigenvalue weighted by molar-refractivity contribution is -0.123. The second-order valence-electron chi connectivity index (χ2n) is 7.64. The van der Waals surface area contributed by atoms with E-state index in [4.69, 9.17) is 0 Å². The van der Waals surface area contributed by atoms with Gasteiger partial charge in [-0.2, -0.15) is 0 Å². The predicted octanol–water partition coefficient (Wildman–Crippen LogP) is 3.69. The summed E-state index contributed by atoms with van der Waals surface area (Å²) in [6.07, 6.45) is 6.63. The highest BCUT2D eigenvalue weighted by Gasteiger charge is 2.24. The molecule has 1 rings (SSSR count). The van der Waals surface area contributed by atoms with Crippen LogP contribution in [-0.4, -0.2) is 36.5 Å². The maximum Gasteiger partial charge on any atom is 0.234 e. The molecule has 1 heterocycles. The minimum Gasteiger partial charge on any atom is -0.353 e. The van der Waals surface area contributed by atoms with Crippen molar-refractivity contribution in [2.45, 2.75) is 72.8 Å². The second-order valence-corrected chi connectivity index (χ2v) is 7.64. The minimum absolute atomic E-state index is 0.174. The Morgan fingerprint density at radius 2 is 1.71 bits per heavy atom. The van der Waals surface area contributed by atoms with Crippen molar-refractivity contribution in [2.24, 2.45) is 17.8 Å². The molecule has 124 valence electrons. The van der Waals surface area contributed by atoms with Gasteiger partial charge in [-0.1, -0.05) is 40.0 Å². The maximum atomic E-state index is 11.8. The molecule has 21 heavy (non-hydrogen) atoms. The largest absolute Gasteiger partial charge is 0.353 e. The average Bonchev–Trinajstić information content (AvgIpc) is 2.37. The standard InChI is InChI=1S/C18H36N2O/c1-14(2)7-6-8-16(5)17-9-11-20(12-10-17)13-18(21)19-15(3)4/h14-17H,6-13H2,1-5H3,(H,19,21)/t16-/m0/s1. The monoisotopic (exact) mass is 296 g/mol. The molecule has 0 bridgehead atoms. The molecule has 1 N–H and O–H groups in total. The summed E-state index contributed by atoms with van der Waals surface area (Å²) in [4.78, 5) is 14.1. The van der Waals surface area contributed by atoms with Gasteiger partial charge in [-0.25, -0.2) is 0 Å². The molecule has 3 nitrogen and oxygen atoms in total. The summed E-state index contributed by atoms with van der Waals surface area (Å²) in [6.45, 7) is 13.8. The Morgan fingerprint density at radius 3 is 2.24 bits per heavy atom.